The number of aromatic nitrogens is 3. The van der Waals surface area contributed by atoms with Crippen molar-refractivity contribution < 1.29 is 4.74 Å². The molecule has 7 heteroatoms. The molecular weight excluding hydrogens is 500 g/mol. The summed E-state index contributed by atoms with van der Waals surface area (Å²) in [5.74, 6) is 2.30. The van der Waals surface area contributed by atoms with Gasteiger partial charge in [-0.1, -0.05) is 41.9 Å². The van der Waals surface area contributed by atoms with Crippen LogP contribution >= 0.6 is 22.9 Å². The fraction of sp³-hybridized carbons (Fsp3) is 0.233. The number of rotatable bonds is 9. The summed E-state index contributed by atoms with van der Waals surface area (Å²) >= 11 is 8.16. The summed E-state index contributed by atoms with van der Waals surface area (Å²) in [6.45, 7) is 6.98. The molecule has 0 atom stereocenters. The minimum Gasteiger partial charge on any atom is -0.490 e. The fourth-order valence-corrected chi connectivity index (χ4v) is 5.60. The van der Waals surface area contributed by atoms with E-state index in [-0.39, 0.29) is 6.10 Å². The van der Waals surface area contributed by atoms with Gasteiger partial charge in [-0.05, 0) is 69.5 Å². The molecule has 5 aromatic rings. The Kier molecular flexibility index (Phi) is 7.68. The van der Waals surface area contributed by atoms with E-state index in [1.54, 1.807) is 23.7 Å². The molecule has 0 saturated carbocycles. The number of ether oxygens (including phenoxy) is 1. The van der Waals surface area contributed by atoms with Gasteiger partial charge in [0.25, 0.3) is 0 Å². The van der Waals surface area contributed by atoms with Gasteiger partial charge >= 0.3 is 0 Å². The Morgan fingerprint density at radius 3 is 2.54 bits per heavy atom. The topological polar surface area (TPSA) is 59.9 Å². The van der Waals surface area contributed by atoms with Gasteiger partial charge < -0.3 is 10.1 Å². The van der Waals surface area contributed by atoms with Crippen LogP contribution in [0.25, 0.3) is 32.7 Å². The summed E-state index contributed by atoms with van der Waals surface area (Å²) < 4.78 is 7.20. The van der Waals surface area contributed by atoms with E-state index in [1.807, 2.05) is 50.2 Å². The molecule has 188 valence electrons. The maximum Gasteiger partial charge on any atom is 0.162 e. The van der Waals surface area contributed by atoms with E-state index in [0.717, 1.165) is 62.7 Å². The van der Waals surface area contributed by atoms with Gasteiger partial charge in [0.1, 0.15) is 11.6 Å². The average molecular weight is 529 g/mol. The van der Waals surface area contributed by atoms with Crippen LogP contribution in [-0.2, 0) is 6.42 Å². The molecule has 0 saturated heterocycles. The molecule has 3 heterocycles. The Morgan fingerprint density at radius 2 is 1.78 bits per heavy atom. The summed E-state index contributed by atoms with van der Waals surface area (Å²) in [4.78, 5) is 15.3. The first-order valence-electron chi connectivity index (χ1n) is 12.5. The monoisotopic (exact) mass is 528 g/mol. The van der Waals surface area contributed by atoms with Crippen molar-refractivity contribution in [1.29, 1.82) is 0 Å². The number of pyridine rings is 1. The van der Waals surface area contributed by atoms with Crippen molar-refractivity contribution in [1.82, 2.24) is 15.0 Å². The Bertz CT molecular complexity index is 1500. The highest BCUT2D eigenvalue weighted by Crippen LogP contribution is 2.45. The second-order valence-electron chi connectivity index (χ2n) is 9.17. The van der Waals surface area contributed by atoms with Crippen LogP contribution in [0, 0.1) is 6.92 Å². The van der Waals surface area contributed by atoms with Crippen LogP contribution in [-0.4, -0.2) is 27.6 Å². The van der Waals surface area contributed by atoms with E-state index in [9.17, 15) is 0 Å². The summed E-state index contributed by atoms with van der Waals surface area (Å²) in [7, 11) is 0. The van der Waals surface area contributed by atoms with Crippen molar-refractivity contribution >= 4 is 39.0 Å². The van der Waals surface area contributed by atoms with Crippen LogP contribution in [0.3, 0.4) is 0 Å². The van der Waals surface area contributed by atoms with E-state index in [2.05, 4.69) is 41.5 Å². The average Bonchev–Trinajstić information content (AvgIpc) is 3.24. The van der Waals surface area contributed by atoms with Gasteiger partial charge in [-0.25, -0.2) is 9.97 Å². The SMILES string of the molecule is Cc1sc2c(NCCCc3ccccc3)nc(-c3ccncc3)nc2c1-c1cc(Cl)ccc1OC(C)C. The highest BCUT2D eigenvalue weighted by Gasteiger charge is 2.22. The summed E-state index contributed by atoms with van der Waals surface area (Å²) in [6, 6.07) is 20.2. The molecular formula is C30H29ClN4OS. The van der Waals surface area contributed by atoms with Gasteiger partial charge in [0.15, 0.2) is 5.82 Å². The molecule has 0 aliphatic rings. The molecule has 0 spiro atoms. The molecule has 2 aromatic carbocycles. The molecule has 5 rings (SSSR count). The van der Waals surface area contributed by atoms with Gasteiger partial charge in [0.05, 0.1) is 16.3 Å². The quantitative estimate of drug-likeness (QED) is 0.195. The molecule has 0 aliphatic carbocycles. The van der Waals surface area contributed by atoms with Crippen LogP contribution < -0.4 is 10.1 Å². The molecule has 5 nitrogen and oxygen atoms in total. The molecule has 0 bridgehead atoms. The molecule has 0 amide bonds. The number of halogens is 1. The van der Waals surface area contributed by atoms with Gasteiger partial charge in [-0.15, -0.1) is 11.3 Å². The van der Waals surface area contributed by atoms with Gasteiger partial charge in [0, 0.05) is 45.5 Å². The third kappa shape index (κ3) is 5.76. The number of benzene rings is 2. The number of hydrogen-bond acceptors (Lipinski definition) is 6. The van der Waals surface area contributed by atoms with E-state index in [0.29, 0.717) is 10.8 Å². The lowest BCUT2D eigenvalue weighted by molar-refractivity contribution is 0.243. The minimum atomic E-state index is 0.0361. The Balaban J connectivity index is 1.58. The molecule has 0 fully saturated rings. The second-order valence-corrected chi connectivity index (χ2v) is 10.8. The standard InChI is InChI=1S/C30H29ClN4OS/c1-19(2)36-25-12-11-23(31)18-24(25)26-20(3)37-28-27(26)34-29(22-13-16-32-17-14-22)35-30(28)33-15-7-10-21-8-5-4-6-9-21/h4-6,8-9,11-14,16-19H,7,10,15H2,1-3H3,(H,33,34,35). The molecule has 1 N–H and O–H groups in total. The number of hydrogen-bond donors (Lipinski definition) is 1. The summed E-state index contributed by atoms with van der Waals surface area (Å²) in [6.07, 6.45) is 5.57. The van der Waals surface area contributed by atoms with Crippen LogP contribution in [0.2, 0.25) is 5.02 Å². The predicted molar refractivity (Wildman–Crippen MR) is 155 cm³/mol. The first kappa shape index (κ1) is 25.2. The minimum absolute atomic E-state index is 0.0361. The maximum absolute atomic E-state index is 6.46. The van der Waals surface area contributed by atoms with Crippen molar-refractivity contribution in [2.45, 2.75) is 39.7 Å². The van der Waals surface area contributed by atoms with Crippen LogP contribution in [0.5, 0.6) is 5.75 Å². The summed E-state index contributed by atoms with van der Waals surface area (Å²) in [5.41, 5.74) is 5.12. The number of fused-ring (bicyclic) bond motifs is 1. The molecule has 37 heavy (non-hydrogen) atoms. The van der Waals surface area contributed by atoms with E-state index in [4.69, 9.17) is 26.3 Å². The highest BCUT2D eigenvalue weighted by atomic mass is 35.5. The molecule has 0 unspecified atom stereocenters. The van der Waals surface area contributed by atoms with Crippen LogP contribution in [0.15, 0.2) is 73.1 Å². The zero-order chi connectivity index (χ0) is 25.8. The second kappa shape index (κ2) is 11.3. The largest absolute Gasteiger partial charge is 0.490 e. The van der Waals surface area contributed by atoms with Crippen LogP contribution in [0.1, 0.15) is 30.7 Å². The third-order valence-electron chi connectivity index (χ3n) is 6.00. The van der Waals surface area contributed by atoms with Crippen molar-refractivity contribution in [3.05, 3.63) is 88.5 Å². The zero-order valence-corrected chi connectivity index (χ0v) is 22.7. The van der Waals surface area contributed by atoms with Crippen molar-refractivity contribution in [2.75, 3.05) is 11.9 Å². The summed E-state index contributed by atoms with van der Waals surface area (Å²) in [5, 5.41) is 4.26. The lowest BCUT2D eigenvalue weighted by atomic mass is 10.0. The van der Waals surface area contributed by atoms with Gasteiger partial charge in [0.2, 0.25) is 0 Å². The van der Waals surface area contributed by atoms with Gasteiger partial charge in [-0.3, -0.25) is 4.98 Å². The Labute approximate surface area is 226 Å². The van der Waals surface area contributed by atoms with Crippen molar-refractivity contribution in [3.8, 4) is 28.3 Å². The first-order valence-corrected chi connectivity index (χ1v) is 13.6. The first-order chi connectivity index (χ1) is 18.0. The third-order valence-corrected chi connectivity index (χ3v) is 7.34. The van der Waals surface area contributed by atoms with Crippen molar-refractivity contribution in [2.24, 2.45) is 0 Å². The number of thiophene rings is 1. The maximum atomic E-state index is 6.46. The van der Waals surface area contributed by atoms with Crippen molar-refractivity contribution in [3.63, 3.8) is 0 Å². The van der Waals surface area contributed by atoms with E-state index >= 15 is 0 Å². The van der Waals surface area contributed by atoms with E-state index < -0.39 is 0 Å². The number of anilines is 1. The molecule has 3 aromatic heterocycles. The molecule has 0 radical (unpaired) electrons. The zero-order valence-electron chi connectivity index (χ0n) is 21.2. The fourth-order valence-electron chi connectivity index (χ4n) is 4.35. The Morgan fingerprint density at radius 1 is 1.00 bits per heavy atom. The number of nitrogens with one attached hydrogen (secondary N) is 1. The number of aryl methyl sites for hydroxylation is 2. The Hall–Kier alpha value is -3.48. The molecule has 0 aliphatic heterocycles. The number of nitrogens with zero attached hydrogens (tertiary/aromatic N) is 3. The smallest absolute Gasteiger partial charge is 0.162 e. The lowest BCUT2D eigenvalue weighted by Crippen LogP contribution is -2.07. The predicted octanol–water partition coefficient (Wildman–Crippen LogP) is 8.21. The highest BCUT2D eigenvalue weighted by molar-refractivity contribution is 7.20. The lowest BCUT2D eigenvalue weighted by Gasteiger charge is -2.15. The normalized spacial score (nSPS) is 11.3. The van der Waals surface area contributed by atoms with Crippen LogP contribution in [0.4, 0.5) is 5.82 Å². The van der Waals surface area contributed by atoms with E-state index in [1.165, 1.54) is 5.56 Å². The van der Waals surface area contributed by atoms with Gasteiger partial charge in [-0.2, -0.15) is 0 Å².